The average molecular weight is 192 g/mol. The third kappa shape index (κ3) is 2.32. The SMILES string of the molecule is CON=C(C(=O)OC)c1[c]cccc1. The first-order valence-electron chi connectivity index (χ1n) is 3.96. The van der Waals surface area contributed by atoms with Crippen molar-refractivity contribution in [1.29, 1.82) is 0 Å². The smallest absolute Gasteiger partial charge is 0.360 e. The zero-order chi connectivity index (χ0) is 10.4. The molecule has 0 fully saturated rings. The lowest BCUT2D eigenvalue weighted by Crippen LogP contribution is -2.17. The van der Waals surface area contributed by atoms with Crippen molar-refractivity contribution in [3.63, 3.8) is 0 Å². The molecule has 4 heteroatoms. The van der Waals surface area contributed by atoms with Gasteiger partial charge in [0.25, 0.3) is 0 Å². The van der Waals surface area contributed by atoms with Crippen LogP contribution >= 0.6 is 0 Å². The number of nitrogens with zero attached hydrogens (tertiary/aromatic N) is 1. The summed E-state index contributed by atoms with van der Waals surface area (Å²) in [7, 11) is 2.66. The van der Waals surface area contributed by atoms with Crippen molar-refractivity contribution in [2.45, 2.75) is 0 Å². The molecule has 0 N–H and O–H groups in total. The van der Waals surface area contributed by atoms with Gasteiger partial charge in [0.1, 0.15) is 7.11 Å². The summed E-state index contributed by atoms with van der Waals surface area (Å²) < 4.78 is 4.55. The highest BCUT2D eigenvalue weighted by atomic mass is 16.6. The van der Waals surface area contributed by atoms with Crippen molar-refractivity contribution in [3.8, 4) is 0 Å². The first-order valence-corrected chi connectivity index (χ1v) is 3.96. The second-order valence-corrected chi connectivity index (χ2v) is 2.39. The van der Waals surface area contributed by atoms with Gasteiger partial charge in [-0.25, -0.2) is 4.79 Å². The highest BCUT2D eigenvalue weighted by Crippen LogP contribution is 2.02. The molecule has 0 bridgehead atoms. The second kappa shape index (κ2) is 5.01. The van der Waals surface area contributed by atoms with Crippen LogP contribution in [0.5, 0.6) is 0 Å². The predicted octanol–water partition coefficient (Wildman–Crippen LogP) is 1.01. The third-order valence-corrected chi connectivity index (χ3v) is 1.53. The van der Waals surface area contributed by atoms with Crippen molar-refractivity contribution < 1.29 is 14.4 Å². The molecular formula is C10H10NO3. The number of carbonyl (C=O) groups is 1. The molecule has 14 heavy (non-hydrogen) atoms. The molecule has 0 atom stereocenters. The number of rotatable bonds is 3. The summed E-state index contributed by atoms with van der Waals surface area (Å²) in [5, 5.41) is 3.58. The van der Waals surface area contributed by atoms with Crippen molar-refractivity contribution in [2.24, 2.45) is 5.16 Å². The Labute approximate surface area is 82.1 Å². The van der Waals surface area contributed by atoms with E-state index in [1.165, 1.54) is 14.2 Å². The summed E-state index contributed by atoms with van der Waals surface area (Å²) in [6, 6.07) is 9.82. The van der Waals surface area contributed by atoms with E-state index in [1.54, 1.807) is 24.3 Å². The van der Waals surface area contributed by atoms with Crippen molar-refractivity contribution in [3.05, 3.63) is 35.9 Å². The van der Waals surface area contributed by atoms with E-state index in [2.05, 4.69) is 20.8 Å². The Kier molecular flexibility index (Phi) is 3.67. The minimum Gasteiger partial charge on any atom is -0.464 e. The van der Waals surface area contributed by atoms with Crippen LogP contribution in [0.2, 0.25) is 0 Å². The first-order chi connectivity index (χ1) is 6.79. The molecule has 4 nitrogen and oxygen atoms in total. The van der Waals surface area contributed by atoms with E-state index in [0.29, 0.717) is 5.56 Å². The van der Waals surface area contributed by atoms with Gasteiger partial charge in [0.2, 0.25) is 0 Å². The summed E-state index contributed by atoms with van der Waals surface area (Å²) in [6.45, 7) is 0. The molecule has 0 amide bonds. The minimum absolute atomic E-state index is 0.107. The van der Waals surface area contributed by atoms with Gasteiger partial charge in [0.05, 0.1) is 7.11 Å². The molecule has 0 saturated carbocycles. The van der Waals surface area contributed by atoms with Crippen LogP contribution in [0.25, 0.3) is 0 Å². The Morgan fingerprint density at radius 1 is 1.43 bits per heavy atom. The molecule has 73 valence electrons. The number of oxime groups is 1. The largest absolute Gasteiger partial charge is 0.464 e. The zero-order valence-electron chi connectivity index (χ0n) is 7.98. The van der Waals surface area contributed by atoms with Crippen molar-refractivity contribution in [1.82, 2.24) is 0 Å². The molecule has 1 rings (SSSR count). The average Bonchev–Trinajstić information content (AvgIpc) is 2.26. The maximum absolute atomic E-state index is 11.2. The Bertz CT molecular complexity index is 332. The van der Waals surface area contributed by atoms with Gasteiger partial charge in [-0.15, -0.1) is 0 Å². The van der Waals surface area contributed by atoms with Crippen LogP contribution in [0.4, 0.5) is 0 Å². The number of carbonyl (C=O) groups excluding carboxylic acids is 1. The van der Waals surface area contributed by atoms with Gasteiger partial charge < -0.3 is 9.57 Å². The first kappa shape index (κ1) is 10.2. The lowest BCUT2D eigenvalue weighted by atomic mass is 10.1. The van der Waals surface area contributed by atoms with E-state index >= 15 is 0 Å². The fourth-order valence-corrected chi connectivity index (χ4v) is 0.925. The predicted molar refractivity (Wildman–Crippen MR) is 50.8 cm³/mol. The monoisotopic (exact) mass is 192 g/mol. The Hall–Kier alpha value is -1.84. The second-order valence-electron chi connectivity index (χ2n) is 2.39. The highest BCUT2D eigenvalue weighted by Gasteiger charge is 2.14. The fraction of sp³-hybridized carbons (Fsp3) is 0.200. The van der Waals surface area contributed by atoms with Crippen LogP contribution in [0.15, 0.2) is 29.4 Å². The van der Waals surface area contributed by atoms with Gasteiger partial charge in [0, 0.05) is 5.56 Å². The Balaban J connectivity index is 3.02. The number of methoxy groups -OCH3 is 1. The number of hydrogen-bond donors (Lipinski definition) is 0. The molecule has 0 aliphatic carbocycles. The Morgan fingerprint density at radius 2 is 2.21 bits per heavy atom. The molecular weight excluding hydrogens is 182 g/mol. The molecule has 0 aliphatic rings. The van der Waals surface area contributed by atoms with Crippen LogP contribution in [0.1, 0.15) is 5.56 Å². The van der Waals surface area contributed by atoms with Gasteiger partial charge in [-0.2, -0.15) is 0 Å². The van der Waals surface area contributed by atoms with Crippen molar-refractivity contribution in [2.75, 3.05) is 14.2 Å². The van der Waals surface area contributed by atoms with Crippen molar-refractivity contribution >= 4 is 11.7 Å². The molecule has 0 aliphatic heterocycles. The van der Waals surface area contributed by atoms with Gasteiger partial charge in [-0.3, -0.25) is 0 Å². The normalized spacial score (nSPS) is 10.9. The topological polar surface area (TPSA) is 47.9 Å². The van der Waals surface area contributed by atoms with Gasteiger partial charge in [-0.1, -0.05) is 29.4 Å². The molecule has 1 radical (unpaired) electrons. The van der Waals surface area contributed by atoms with E-state index in [4.69, 9.17) is 0 Å². The van der Waals surface area contributed by atoms with E-state index in [1.807, 2.05) is 0 Å². The van der Waals surface area contributed by atoms with Gasteiger partial charge >= 0.3 is 5.97 Å². The van der Waals surface area contributed by atoms with E-state index < -0.39 is 5.97 Å². The number of benzene rings is 1. The maximum atomic E-state index is 11.2. The van der Waals surface area contributed by atoms with Gasteiger partial charge in [0.15, 0.2) is 5.71 Å². The maximum Gasteiger partial charge on any atom is 0.360 e. The molecule has 1 aromatic rings. The number of esters is 1. The van der Waals surface area contributed by atoms with Crippen LogP contribution in [0, 0.1) is 6.07 Å². The zero-order valence-corrected chi connectivity index (χ0v) is 7.98. The molecule has 0 unspecified atom stereocenters. The summed E-state index contributed by atoms with van der Waals surface area (Å²) in [4.78, 5) is 15.8. The molecule has 0 saturated heterocycles. The molecule has 1 aromatic carbocycles. The van der Waals surface area contributed by atoms with E-state index in [0.717, 1.165) is 0 Å². The Morgan fingerprint density at radius 3 is 2.71 bits per heavy atom. The van der Waals surface area contributed by atoms with Crippen LogP contribution in [-0.4, -0.2) is 25.9 Å². The van der Waals surface area contributed by atoms with Crippen LogP contribution in [-0.2, 0) is 14.4 Å². The fourth-order valence-electron chi connectivity index (χ4n) is 0.925. The molecule has 0 heterocycles. The van der Waals surface area contributed by atoms with Gasteiger partial charge in [-0.05, 0) is 6.07 Å². The quantitative estimate of drug-likeness (QED) is 0.408. The molecule has 0 aromatic heterocycles. The lowest BCUT2D eigenvalue weighted by molar-refractivity contribution is -0.132. The van der Waals surface area contributed by atoms with E-state index in [9.17, 15) is 4.79 Å². The summed E-state index contributed by atoms with van der Waals surface area (Å²) in [5.74, 6) is -0.547. The third-order valence-electron chi connectivity index (χ3n) is 1.53. The van der Waals surface area contributed by atoms with Crippen LogP contribution < -0.4 is 0 Å². The summed E-state index contributed by atoms with van der Waals surface area (Å²) in [5.41, 5.74) is 0.650. The minimum atomic E-state index is -0.547. The highest BCUT2D eigenvalue weighted by molar-refractivity contribution is 6.43. The lowest BCUT2D eigenvalue weighted by Gasteiger charge is -2.02. The van der Waals surface area contributed by atoms with E-state index in [-0.39, 0.29) is 5.71 Å². The summed E-state index contributed by atoms with van der Waals surface area (Å²) >= 11 is 0. The number of hydrogen-bond acceptors (Lipinski definition) is 4. The number of ether oxygens (including phenoxy) is 1. The molecule has 0 spiro atoms. The van der Waals surface area contributed by atoms with Crippen LogP contribution in [0.3, 0.4) is 0 Å². The standard InChI is InChI=1S/C10H10NO3/c1-13-10(12)9(11-14-2)8-6-4-3-5-7-8/h3-6H,1-2H3. The summed E-state index contributed by atoms with van der Waals surface area (Å²) in [6.07, 6.45) is 0.